The second-order valence-electron chi connectivity index (χ2n) is 4.89. The predicted octanol–water partition coefficient (Wildman–Crippen LogP) is 2.83. The number of benzene rings is 1. The highest BCUT2D eigenvalue weighted by Gasteiger charge is 2.12. The molecule has 0 saturated heterocycles. The smallest absolute Gasteiger partial charge is 0.161 e. The number of rotatable bonds is 5. The van der Waals surface area contributed by atoms with Crippen molar-refractivity contribution in [1.29, 1.82) is 5.26 Å². The molecule has 0 unspecified atom stereocenters. The van der Waals surface area contributed by atoms with Gasteiger partial charge in [0.2, 0.25) is 0 Å². The first-order chi connectivity index (χ1) is 10.1. The monoisotopic (exact) mass is 279 g/mol. The van der Waals surface area contributed by atoms with Crippen LogP contribution in [0.25, 0.3) is 0 Å². The Kier molecular flexibility index (Phi) is 4.68. The SMILES string of the molecule is CC(=O)c1ccc(C#N)cc1N(C)CCc1ccccn1. The van der Waals surface area contributed by atoms with Crippen molar-refractivity contribution in [2.75, 3.05) is 18.5 Å². The van der Waals surface area contributed by atoms with E-state index in [9.17, 15) is 4.79 Å². The first-order valence-corrected chi connectivity index (χ1v) is 6.78. The summed E-state index contributed by atoms with van der Waals surface area (Å²) in [5.41, 5.74) is 2.99. The second-order valence-corrected chi connectivity index (χ2v) is 4.89. The maximum Gasteiger partial charge on any atom is 0.161 e. The Morgan fingerprint density at radius 1 is 1.33 bits per heavy atom. The highest BCUT2D eigenvalue weighted by molar-refractivity contribution is 6.00. The van der Waals surface area contributed by atoms with Gasteiger partial charge in [-0.3, -0.25) is 9.78 Å². The molecule has 106 valence electrons. The Labute approximate surface area is 124 Å². The van der Waals surface area contributed by atoms with Crippen molar-refractivity contribution in [3.05, 3.63) is 59.4 Å². The van der Waals surface area contributed by atoms with Crippen LogP contribution in [0.15, 0.2) is 42.6 Å². The molecular weight excluding hydrogens is 262 g/mol. The summed E-state index contributed by atoms with van der Waals surface area (Å²) in [5, 5.41) is 9.02. The van der Waals surface area contributed by atoms with Crippen LogP contribution in [0.5, 0.6) is 0 Å². The van der Waals surface area contributed by atoms with Crippen LogP contribution in [-0.2, 0) is 6.42 Å². The minimum atomic E-state index is -0.000763. The van der Waals surface area contributed by atoms with Crippen molar-refractivity contribution >= 4 is 11.5 Å². The molecule has 2 rings (SSSR count). The number of hydrogen-bond acceptors (Lipinski definition) is 4. The van der Waals surface area contributed by atoms with Crippen LogP contribution in [0.2, 0.25) is 0 Å². The summed E-state index contributed by atoms with van der Waals surface area (Å²) in [6, 6.07) is 13.1. The number of pyridine rings is 1. The number of likely N-dealkylation sites (N-methyl/N-ethyl adjacent to an activating group) is 1. The largest absolute Gasteiger partial charge is 0.374 e. The molecule has 4 nitrogen and oxygen atoms in total. The van der Waals surface area contributed by atoms with E-state index in [1.807, 2.05) is 30.1 Å². The molecule has 0 atom stereocenters. The Hall–Kier alpha value is -2.67. The number of Topliss-reactive ketones (excluding diaryl/α,β-unsaturated/α-hetero) is 1. The number of hydrogen-bond donors (Lipinski definition) is 0. The Morgan fingerprint density at radius 2 is 2.14 bits per heavy atom. The normalized spacial score (nSPS) is 9.95. The van der Waals surface area contributed by atoms with Gasteiger partial charge in [0.1, 0.15) is 0 Å². The van der Waals surface area contributed by atoms with Gasteiger partial charge in [0, 0.05) is 43.2 Å². The maximum absolute atomic E-state index is 11.7. The Bertz CT molecular complexity index is 674. The number of carbonyl (C=O) groups is 1. The number of ketones is 1. The van der Waals surface area contributed by atoms with E-state index < -0.39 is 0 Å². The quantitative estimate of drug-likeness (QED) is 0.790. The summed E-state index contributed by atoms with van der Waals surface area (Å²) in [5.74, 6) is -0.000763. The van der Waals surface area contributed by atoms with E-state index in [2.05, 4.69) is 11.1 Å². The summed E-state index contributed by atoms with van der Waals surface area (Å²) in [4.78, 5) is 18.0. The number of nitrogens with zero attached hydrogens (tertiary/aromatic N) is 3. The van der Waals surface area contributed by atoms with Crippen LogP contribution in [0, 0.1) is 11.3 Å². The lowest BCUT2D eigenvalue weighted by atomic mass is 10.1. The molecule has 0 spiro atoms. The van der Waals surface area contributed by atoms with Gasteiger partial charge in [0.15, 0.2) is 5.78 Å². The van der Waals surface area contributed by atoms with Gasteiger partial charge >= 0.3 is 0 Å². The molecule has 21 heavy (non-hydrogen) atoms. The number of carbonyl (C=O) groups excluding carboxylic acids is 1. The third kappa shape index (κ3) is 3.67. The molecule has 2 aromatic rings. The van der Waals surface area contributed by atoms with Crippen molar-refractivity contribution in [2.24, 2.45) is 0 Å². The molecular formula is C17H17N3O. The first kappa shape index (κ1) is 14.7. The van der Waals surface area contributed by atoms with E-state index >= 15 is 0 Å². The molecule has 1 aromatic heterocycles. The van der Waals surface area contributed by atoms with Crippen LogP contribution >= 0.6 is 0 Å². The summed E-state index contributed by atoms with van der Waals surface area (Å²) >= 11 is 0. The zero-order valence-electron chi connectivity index (χ0n) is 12.2. The van der Waals surface area contributed by atoms with Crippen molar-refractivity contribution in [1.82, 2.24) is 4.98 Å². The minimum absolute atomic E-state index is 0.000763. The van der Waals surface area contributed by atoms with Gasteiger partial charge in [0.05, 0.1) is 11.6 Å². The summed E-state index contributed by atoms with van der Waals surface area (Å²) in [6.07, 6.45) is 2.55. The zero-order chi connectivity index (χ0) is 15.2. The molecule has 1 aromatic carbocycles. The Morgan fingerprint density at radius 3 is 2.76 bits per heavy atom. The lowest BCUT2D eigenvalue weighted by Crippen LogP contribution is -2.22. The molecule has 0 N–H and O–H groups in total. The summed E-state index contributed by atoms with van der Waals surface area (Å²) in [6.45, 7) is 2.27. The average molecular weight is 279 g/mol. The highest BCUT2D eigenvalue weighted by Crippen LogP contribution is 2.22. The van der Waals surface area contributed by atoms with Gasteiger partial charge < -0.3 is 4.90 Å². The number of aromatic nitrogens is 1. The van der Waals surface area contributed by atoms with Crippen LogP contribution in [0.1, 0.15) is 28.5 Å². The third-order valence-corrected chi connectivity index (χ3v) is 3.35. The molecule has 0 amide bonds. The molecule has 0 aliphatic heterocycles. The van der Waals surface area contributed by atoms with Crippen LogP contribution in [-0.4, -0.2) is 24.4 Å². The third-order valence-electron chi connectivity index (χ3n) is 3.35. The molecule has 0 aliphatic rings. The van der Waals surface area contributed by atoms with Crippen LogP contribution in [0.3, 0.4) is 0 Å². The minimum Gasteiger partial charge on any atom is -0.374 e. The van der Waals surface area contributed by atoms with Crippen molar-refractivity contribution < 1.29 is 4.79 Å². The standard InChI is InChI=1S/C17H17N3O/c1-13(21)16-7-6-14(12-18)11-17(16)20(2)10-8-15-5-3-4-9-19-15/h3-7,9,11H,8,10H2,1-2H3. The van der Waals surface area contributed by atoms with E-state index in [1.165, 1.54) is 6.92 Å². The molecule has 4 heteroatoms. The fourth-order valence-corrected chi connectivity index (χ4v) is 2.16. The molecule has 0 radical (unpaired) electrons. The van der Waals surface area contributed by atoms with Gasteiger partial charge in [0.25, 0.3) is 0 Å². The van der Waals surface area contributed by atoms with Gasteiger partial charge in [-0.2, -0.15) is 5.26 Å². The van der Waals surface area contributed by atoms with Gasteiger partial charge in [-0.25, -0.2) is 0 Å². The summed E-state index contributed by atoms with van der Waals surface area (Å²) in [7, 11) is 1.92. The van der Waals surface area contributed by atoms with Gasteiger partial charge in [-0.05, 0) is 37.3 Å². The van der Waals surface area contributed by atoms with E-state index in [4.69, 9.17) is 5.26 Å². The predicted molar refractivity (Wildman–Crippen MR) is 82.4 cm³/mol. The fraction of sp³-hybridized carbons (Fsp3) is 0.235. The van der Waals surface area contributed by atoms with Crippen molar-refractivity contribution in [3.63, 3.8) is 0 Å². The second kappa shape index (κ2) is 6.67. The number of nitriles is 1. The summed E-state index contributed by atoms with van der Waals surface area (Å²) < 4.78 is 0. The molecule has 0 saturated carbocycles. The molecule has 0 aliphatic carbocycles. The zero-order valence-corrected chi connectivity index (χ0v) is 12.2. The lowest BCUT2D eigenvalue weighted by Gasteiger charge is -2.21. The first-order valence-electron chi connectivity index (χ1n) is 6.78. The molecule has 0 fully saturated rings. The Balaban J connectivity index is 2.19. The maximum atomic E-state index is 11.7. The van der Waals surface area contributed by atoms with Gasteiger partial charge in [-0.1, -0.05) is 6.07 Å². The topological polar surface area (TPSA) is 57.0 Å². The molecule has 0 bridgehead atoms. The highest BCUT2D eigenvalue weighted by atomic mass is 16.1. The van der Waals surface area contributed by atoms with Gasteiger partial charge in [-0.15, -0.1) is 0 Å². The lowest BCUT2D eigenvalue weighted by molar-refractivity contribution is 0.101. The average Bonchev–Trinajstić information content (AvgIpc) is 2.52. The van der Waals surface area contributed by atoms with Crippen LogP contribution < -0.4 is 4.90 Å². The fourth-order valence-electron chi connectivity index (χ4n) is 2.16. The van der Waals surface area contributed by atoms with Crippen LogP contribution in [0.4, 0.5) is 5.69 Å². The van der Waals surface area contributed by atoms with Crippen molar-refractivity contribution in [3.8, 4) is 6.07 Å². The van der Waals surface area contributed by atoms with E-state index in [1.54, 1.807) is 24.4 Å². The van der Waals surface area contributed by atoms with Crippen molar-refractivity contribution in [2.45, 2.75) is 13.3 Å². The number of anilines is 1. The van der Waals surface area contributed by atoms with E-state index in [0.717, 1.165) is 24.3 Å². The molecule has 1 heterocycles. The van der Waals surface area contributed by atoms with E-state index in [0.29, 0.717) is 11.1 Å². The van der Waals surface area contributed by atoms with E-state index in [-0.39, 0.29) is 5.78 Å².